The van der Waals surface area contributed by atoms with Crippen LogP contribution in [-0.2, 0) is 10.0 Å². The summed E-state index contributed by atoms with van der Waals surface area (Å²) in [6, 6.07) is 2.29. The van der Waals surface area contributed by atoms with E-state index in [0.717, 1.165) is 25.2 Å². The number of nitrogens with one attached hydrogen (secondary N) is 1. The number of hydrogen-bond acceptors (Lipinski definition) is 4. The minimum atomic E-state index is -3.67. The molecule has 0 saturated carbocycles. The molecule has 3 N–H and O–H groups in total. The molecule has 0 atom stereocenters. The van der Waals surface area contributed by atoms with Gasteiger partial charge in [-0.1, -0.05) is 13.8 Å². The third kappa shape index (κ3) is 4.16. The molecule has 0 saturated heterocycles. The molecule has 20 heavy (non-hydrogen) atoms. The molecule has 1 rings (SSSR count). The van der Waals surface area contributed by atoms with Crippen molar-refractivity contribution in [3.63, 3.8) is 0 Å². The Morgan fingerprint density at radius 2 is 1.90 bits per heavy atom. The van der Waals surface area contributed by atoms with Crippen LogP contribution in [0.15, 0.2) is 17.0 Å². The number of halogens is 1. The van der Waals surface area contributed by atoms with Gasteiger partial charge < -0.3 is 10.6 Å². The number of benzene rings is 1. The van der Waals surface area contributed by atoms with Crippen molar-refractivity contribution in [2.45, 2.75) is 25.7 Å². The molecular weight excluding hydrogens is 281 g/mol. The first-order chi connectivity index (χ1) is 9.31. The molecule has 5 nitrogen and oxygen atoms in total. The summed E-state index contributed by atoms with van der Waals surface area (Å²) in [6.07, 6.45) is 0. The molecule has 1 aromatic rings. The van der Waals surface area contributed by atoms with E-state index in [1.807, 2.05) is 13.8 Å². The molecule has 0 unspecified atom stereocenters. The van der Waals surface area contributed by atoms with Crippen molar-refractivity contribution in [1.29, 1.82) is 0 Å². The highest BCUT2D eigenvalue weighted by Crippen LogP contribution is 2.21. The molecule has 7 heteroatoms. The van der Waals surface area contributed by atoms with Crippen LogP contribution in [0.25, 0.3) is 0 Å². The maximum Gasteiger partial charge on any atom is 0.240 e. The maximum absolute atomic E-state index is 13.3. The van der Waals surface area contributed by atoms with Crippen LogP contribution >= 0.6 is 0 Å². The van der Waals surface area contributed by atoms with E-state index in [1.54, 1.807) is 6.92 Å². The van der Waals surface area contributed by atoms with E-state index in [4.69, 9.17) is 5.73 Å². The van der Waals surface area contributed by atoms with E-state index in [2.05, 4.69) is 9.62 Å². The molecule has 0 fully saturated rings. The number of nitrogen functional groups attached to an aromatic ring is 1. The van der Waals surface area contributed by atoms with E-state index in [9.17, 15) is 12.8 Å². The van der Waals surface area contributed by atoms with E-state index < -0.39 is 15.8 Å². The Morgan fingerprint density at radius 3 is 2.45 bits per heavy atom. The standard InChI is InChI=1S/C13H22FN3O2S/c1-4-17(5-2)7-6-16-20(18,19)13-9-12(15)11(14)8-10(13)3/h8-9,16H,4-7,15H2,1-3H3. The summed E-state index contributed by atoms with van der Waals surface area (Å²) >= 11 is 0. The zero-order chi connectivity index (χ0) is 15.3. The first kappa shape index (κ1) is 16.9. The number of rotatable bonds is 7. The Bertz CT molecular complexity index is 557. The summed E-state index contributed by atoms with van der Waals surface area (Å²) < 4.78 is 40.1. The molecule has 0 amide bonds. The Balaban J connectivity index is 2.82. The highest BCUT2D eigenvalue weighted by atomic mass is 32.2. The Morgan fingerprint density at radius 1 is 1.30 bits per heavy atom. The molecule has 0 aromatic heterocycles. The number of nitrogens with zero attached hydrogens (tertiary/aromatic N) is 1. The zero-order valence-electron chi connectivity index (χ0n) is 12.1. The fraction of sp³-hybridized carbons (Fsp3) is 0.538. The molecule has 1 aromatic carbocycles. The van der Waals surface area contributed by atoms with E-state index in [-0.39, 0.29) is 10.6 Å². The minimum Gasteiger partial charge on any atom is -0.396 e. The van der Waals surface area contributed by atoms with Crippen LogP contribution < -0.4 is 10.5 Å². The Labute approximate surface area is 120 Å². The van der Waals surface area contributed by atoms with Crippen molar-refractivity contribution < 1.29 is 12.8 Å². The molecule has 0 spiro atoms. The third-order valence-electron chi connectivity index (χ3n) is 3.20. The highest BCUT2D eigenvalue weighted by molar-refractivity contribution is 7.89. The van der Waals surface area contributed by atoms with Crippen LogP contribution in [0.1, 0.15) is 19.4 Å². The van der Waals surface area contributed by atoms with Crippen molar-refractivity contribution in [2.24, 2.45) is 0 Å². The molecule has 0 aliphatic rings. The fourth-order valence-electron chi connectivity index (χ4n) is 1.91. The summed E-state index contributed by atoms with van der Waals surface area (Å²) in [4.78, 5) is 2.13. The van der Waals surface area contributed by atoms with Crippen LogP contribution in [-0.4, -0.2) is 39.5 Å². The average Bonchev–Trinajstić information content (AvgIpc) is 2.38. The molecule has 0 heterocycles. The second-order valence-corrected chi connectivity index (χ2v) is 6.30. The van der Waals surface area contributed by atoms with Crippen molar-refractivity contribution in [1.82, 2.24) is 9.62 Å². The third-order valence-corrected chi connectivity index (χ3v) is 4.80. The smallest absolute Gasteiger partial charge is 0.240 e. The predicted octanol–water partition coefficient (Wildman–Crippen LogP) is 1.34. The summed E-state index contributed by atoms with van der Waals surface area (Å²) in [5.74, 6) is -0.607. The van der Waals surface area contributed by atoms with Gasteiger partial charge >= 0.3 is 0 Å². The molecule has 0 bridgehead atoms. The second kappa shape index (κ2) is 7.01. The normalized spacial score (nSPS) is 12.1. The van der Waals surface area contributed by atoms with Crippen molar-refractivity contribution in [3.05, 3.63) is 23.5 Å². The molecule has 0 radical (unpaired) electrons. The van der Waals surface area contributed by atoms with E-state index in [0.29, 0.717) is 18.7 Å². The van der Waals surface area contributed by atoms with E-state index >= 15 is 0 Å². The van der Waals surface area contributed by atoms with Crippen LogP contribution in [0.5, 0.6) is 0 Å². The van der Waals surface area contributed by atoms with Gasteiger partial charge in [-0.15, -0.1) is 0 Å². The zero-order valence-corrected chi connectivity index (χ0v) is 12.9. The fourth-order valence-corrected chi connectivity index (χ4v) is 3.19. The lowest BCUT2D eigenvalue weighted by atomic mass is 10.2. The number of nitrogens with two attached hydrogens (primary N) is 1. The lowest BCUT2D eigenvalue weighted by Gasteiger charge is -2.18. The van der Waals surface area contributed by atoms with Gasteiger partial charge in [-0.05, 0) is 37.7 Å². The average molecular weight is 303 g/mol. The molecule has 0 aliphatic carbocycles. The van der Waals surface area contributed by atoms with Crippen LogP contribution in [0.4, 0.5) is 10.1 Å². The summed E-state index contributed by atoms with van der Waals surface area (Å²) in [6.45, 7) is 8.23. The SMILES string of the molecule is CCN(CC)CCNS(=O)(=O)c1cc(N)c(F)cc1C. The van der Waals surface area contributed by atoms with Crippen molar-refractivity contribution in [2.75, 3.05) is 31.9 Å². The molecule has 0 aliphatic heterocycles. The summed E-state index contributed by atoms with van der Waals surface area (Å²) in [5.41, 5.74) is 5.60. The minimum absolute atomic E-state index is 0.0240. The Hall–Kier alpha value is -1.18. The first-order valence-corrected chi connectivity index (χ1v) is 8.07. The van der Waals surface area contributed by atoms with Gasteiger partial charge in [0.2, 0.25) is 10.0 Å². The Kier molecular flexibility index (Phi) is 5.91. The van der Waals surface area contributed by atoms with Crippen molar-refractivity contribution in [3.8, 4) is 0 Å². The number of likely N-dealkylation sites (N-methyl/N-ethyl adjacent to an activating group) is 1. The molecule has 114 valence electrons. The lowest BCUT2D eigenvalue weighted by Crippen LogP contribution is -2.35. The number of hydrogen-bond donors (Lipinski definition) is 2. The van der Waals surface area contributed by atoms with Gasteiger partial charge in [0.1, 0.15) is 5.82 Å². The number of aryl methyl sites for hydroxylation is 1. The first-order valence-electron chi connectivity index (χ1n) is 6.59. The quantitative estimate of drug-likeness (QED) is 0.745. The van der Waals surface area contributed by atoms with Crippen LogP contribution in [0.3, 0.4) is 0 Å². The monoisotopic (exact) mass is 303 g/mol. The van der Waals surface area contributed by atoms with Gasteiger partial charge in [0.25, 0.3) is 0 Å². The van der Waals surface area contributed by atoms with Gasteiger partial charge in [0.05, 0.1) is 10.6 Å². The highest BCUT2D eigenvalue weighted by Gasteiger charge is 2.18. The van der Waals surface area contributed by atoms with Gasteiger partial charge in [0.15, 0.2) is 0 Å². The maximum atomic E-state index is 13.3. The van der Waals surface area contributed by atoms with Crippen molar-refractivity contribution >= 4 is 15.7 Å². The number of anilines is 1. The van der Waals surface area contributed by atoms with Crippen LogP contribution in [0.2, 0.25) is 0 Å². The predicted molar refractivity (Wildman–Crippen MR) is 78.5 cm³/mol. The topological polar surface area (TPSA) is 75.4 Å². The van der Waals surface area contributed by atoms with E-state index in [1.165, 1.54) is 0 Å². The second-order valence-electron chi connectivity index (χ2n) is 4.56. The van der Waals surface area contributed by atoms with Gasteiger partial charge in [-0.2, -0.15) is 0 Å². The summed E-state index contributed by atoms with van der Waals surface area (Å²) in [5, 5.41) is 0. The number of sulfonamides is 1. The largest absolute Gasteiger partial charge is 0.396 e. The lowest BCUT2D eigenvalue weighted by molar-refractivity contribution is 0.309. The van der Waals surface area contributed by atoms with Gasteiger partial charge in [0, 0.05) is 13.1 Å². The summed E-state index contributed by atoms with van der Waals surface area (Å²) in [7, 11) is -3.67. The van der Waals surface area contributed by atoms with Gasteiger partial charge in [-0.25, -0.2) is 17.5 Å². The van der Waals surface area contributed by atoms with Gasteiger partial charge in [-0.3, -0.25) is 0 Å². The van der Waals surface area contributed by atoms with Crippen LogP contribution in [0, 0.1) is 12.7 Å². The molecular formula is C13H22FN3O2S.